The van der Waals surface area contributed by atoms with Crippen molar-refractivity contribution in [3.05, 3.63) is 39.2 Å². The molecular weight excluding hydrogens is 270 g/mol. The predicted molar refractivity (Wildman–Crippen MR) is 72.4 cm³/mol. The minimum absolute atomic E-state index is 0.407. The van der Waals surface area contributed by atoms with Gasteiger partial charge in [0.25, 0.3) is 5.91 Å². The Morgan fingerprint density at radius 1 is 1.50 bits per heavy atom. The van der Waals surface area contributed by atoms with Crippen molar-refractivity contribution in [1.82, 2.24) is 0 Å². The van der Waals surface area contributed by atoms with Gasteiger partial charge in [0.05, 0.1) is 9.90 Å². The molecule has 2 aromatic rings. The van der Waals surface area contributed by atoms with Crippen molar-refractivity contribution in [1.29, 1.82) is 0 Å². The van der Waals surface area contributed by atoms with Gasteiger partial charge in [-0.25, -0.2) is 0 Å². The molecule has 1 aromatic carbocycles. The Balaban J connectivity index is 2.28. The molecule has 0 atom stereocenters. The van der Waals surface area contributed by atoms with Crippen LogP contribution in [0, 0.1) is 6.92 Å². The largest absolute Gasteiger partial charge is 0.487 e. The van der Waals surface area contributed by atoms with Crippen LogP contribution >= 0.6 is 22.9 Å². The fourth-order valence-electron chi connectivity index (χ4n) is 2.10. The van der Waals surface area contributed by atoms with E-state index in [2.05, 4.69) is 0 Å². The van der Waals surface area contributed by atoms with E-state index in [0.29, 0.717) is 22.3 Å². The van der Waals surface area contributed by atoms with Gasteiger partial charge in [0.15, 0.2) is 0 Å². The average molecular weight is 280 g/mol. The Labute approximate surface area is 113 Å². The van der Waals surface area contributed by atoms with Crippen LogP contribution in [-0.4, -0.2) is 5.91 Å². The van der Waals surface area contributed by atoms with Crippen LogP contribution in [0.25, 0.3) is 10.4 Å². The number of benzene rings is 1. The standard InChI is InChI=1S/C13H10ClNO2S/c1-6-2-3-8(14)11-10(6)12-7(5-17-11)4-9(18-12)13(15)16/h2-4H,5H2,1H3,(H2,15,16). The highest BCUT2D eigenvalue weighted by molar-refractivity contribution is 7.17. The van der Waals surface area contributed by atoms with Crippen molar-refractivity contribution in [2.24, 2.45) is 5.73 Å². The van der Waals surface area contributed by atoms with Gasteiger partial charge < -0.3 is 10.5 Å². The fraction of sp³-hybridized carbons (Fsp3) is 0.154. The Bertz CT molecular complexity index is 663. The number of thiophene rings is 1. The topological polar surface area (TPSA) is 52.3 Å². The minimum Gasteiger partial charge on any atom is -0.487 e. The van der Waals surface area contributed by atoms with E-state index in [1.807, 2.05) is 19.1 Å². The number of carbonyl (C=O) groups excluding carboxylic acids is 1. The third-order valence-corrected chi connectivity index (χ3v) is 4.48. The van der Waals surface area contributed by atoms with E-state index < -0.39 is 5.91 Å². The normalized spacial score (nSPS) is 12.6. The molecule has 0 bridgehead atoms. The van der Waals surface area contributed by atoms with Gasteiger partial charge in [0.1, 0.15) is 12.4 Å². The summed E-state index contributed by atoms with van der Waals surface area (Å²) in [6.45, 7) is 2.42. The molecule has 5 heteroatoms. The lowest BCUT2D eigenvalue weighted by atomic mass is 10.0. The molecule has 1 aliphatic heterocycles. The van der Waals surface area contributed by atoms with Crippen LogP contribution in [0.3, 0.4) is 0 Å². The second kappa shape index (κ2) is 4.00. The molecule has 0 fully saturated rings. The number of aryl methyl sites for hydroxylation is 1. The maximum Gasteiger partial charge on any atom is 0.258 e. The molecule has 1 aliphatic rings. The zero-order valence-electron chi connectivity index (χ0n) is 9.62. The summed E-state index contributed by atoms with van der Waals surface area (Å²) in [6, 6.07) is 5.57. The molecule has 1 amide bonds. The van der Waals surface area contributed by atoms with Crippen LogP contribution in [-0.2, 0) is 6.61 Å². The second-order valence-electron chi connectivity index (χ2n) is 4.19. The SMILES string of the molecule is Cc1ccc(Cl)c2c1-c1sc(C(N)=O)cc1CO2. The number of rotatable bonds is 1. The van der Waals surface area contributed by atoms with E-state index in [1.54, 1.807) is 6.07 Å². The molecule has 2 heterocycles. The van der Waals surface area contributed by atoms with E-state index in [0.717, 1.165) is 21.6 Å². The minimum atomic E-state index is -0.407. The first-order chi connectivity index (χ1) is 8.58. The van der Waals surface area contributed by atoms with Crippen molar-refractivity contribution in [2.45, 2.75) is 13.5 Å². The van der Waals surface area contributed by atoms with Gasteiger partial charge >= 0.3 is 0 Å². The highest BCUT2D eigenvalue weighted by atomic mass is 35.5. The first kappa shape index (κ1) is 11.6. The number of carbonyl (C=O) groups is 1. The molecule has 0 saturated heterocycles. The molecule has 0 radical (unpaired) electrons. The van der Waals surface area contributed by atoms with Crippen LogP contribution in [0.1, 0.15) is 20.8 Å². The number of hydrogen-bond acceptors (Lipinski definition) is 3. The summed E-state index contributed by atoms with van der Waals surface area (Å²) < 4.78 is 5.68. The molecule has 0 aliphatic carbocycles. The quantitative estimate of drug-likeness (QED) is 0.870. The van der Waals surface area contributed by atoms with Crippen LogP contribution in [0.4, 0.5) is 0 Å². The number of amides is 1. The zero-order chi connectivity index (χ0) is 12.9. The van der Waals surface area contributed by atoms with Crippen molar-refractivity contribution in [2.75, 3.05) is 0 Å². The van der Waals surface area contributed by atoms with Crippen LogP contribution < -0.4 is 10.5 Å². The van der Waals surface area contributed by atoms with Gasteiger partial charge in [-0.1, -0.05) is 17.7 Å². The van der Waals surface area contributed by atoms with Crippen molar-refractivity contribution in [3.8, 4) is 16.2 Å². The number of primary amides is 1. The molecule has 0 unspecified atom stereocenters. The molecule has 1 aromatic heterocycles. The third kappa shape index (κ3) is 1.61. The lowest BCUT2D eigenvalue weighted by Crippen LogP contribution is -2.08. The average Bonchev–Trinajstić information content (AvgIpc) is 2.77. The van der Waals surface area contributed by atoms with Crippen molar-refractivity contribution in [3.63, 3.8) is 0 Å². The van der Waals surface area contributed by atoms with Gasteiger partial charge in [0, 0.05) is 16.0 Å². The van der Waals surface area contributed by atoms with Gasteiger partial charge in [-0.15, -0.1) is 11.3 Å². The molecule has 18 heavy (non-hydrogen) atoms. The Morgan fingerprint density at radius 3 is 3.00 bits per heavy atom. The monoisotopic (exact) mass is 279 g/mol. The highest BCUT2D eigenvalue weighted by Crippen LogP contribution is 2.47. The molecule has 3 nitrogen and oxygen atoms in total. The fourth-order valence-corrected chi connectivity index (χ4v) is 3.44. The number of hydrogen-bond donors (Lipinski definition) is 1. The number of halogens is 1. The van der Waals surface area contributed by atoms with E-state index >= 15 is 0 Å². The summed E-state index contributed by atoms with van der Waals surface area (Å²) in [5, 5.41) is 0.593. The Hall–Kier alpha value is -1.52. The molecule has 92 valence electrons. The van der Waals surface area contributed by atoms with Crippen LogP contribution in [0.15, 0.2) is 18.2 Å². The summed E-state index contributed by atoms with van der Waals surface area (Å²) in [6.07, 6.45) is 0. The molecule has 2 N–H and O–H groups in total. The summed E-state index contributed by atoms with van der Waals surface area (Å²) in [5.41, 5.74) is 8.36. The zero-order valence-corrected chi connectivity index (χ0v) is 11.2. The van der Waals surface area contributed by atoms with Crippen molar-refractivity contribution >= 4 is 28.8 Å². The van der Waals surface area contributed by atoms with Gasteiger partial charge in [-0.05, 0) is 24.6 Å². The summed E-state index contributed by atoms with van der Waals surface area (Å²) in [4.78, 5) is 12.8. The van der Waals surface area contributed by atoms with Crippen LogP contribution in [0.2, 0.25) is 5.02 Å². The summed E-state index contributed by atoms with van der Waals surface area (Å²) in [5.74, 6) is 0.290. The highest BCUT2D eigenvalue weighted by Gasteiger charge is 2.25. The number of nitrogens with two attached hydrogens (primary N) is 1. The lowest BCUT2D eigenvalue weighted by Gasteiger charge is -2.20. The summed E-state index contributed by atoms with van der Waals surface area (Å²) in [7, 11) is 0. The van der Waals surface area contributed by atoms with E-state index in [9.17, 15) is 4.79 Å². The first-order valence-corrected chi connectivity index (χ1v) is 6.62. The van der Waals surface area contributed by atoms with E-state index in [1.165, 1.54) is 11.3 Å². The maximum atomic E-state index is 11.2. The first-order valence-electron chi connectivity index (χ1n) is 5.42. The summed E-state index contributed by atoms with van der Waals surface area (Å²) >= 11 is 7.53. The molecule has 0 spiro atoms. The molecular formula is C13H10ClNO2S. The van der Waals surface area contributed by atoms with E-state index in [4.69, 9.17) is 22.1 Å². The van der Waals surface area contributed by atoms with Gasteiger partial charge in [0.2, 0.25) is 0 Å². The van der Waals surface area contributed by atoms with Gasteiger partial charge in [-0.2, -0.15) is 0 Å². The lowest BCUT2D eigenvalue weighted by molar-refractivity contribution is 0.100. The number of fused-ring (bicyclic) bond motifs is 3. The second-order valence-corrected chi connectivity index (χ2v) is 5.65. The predicted octanol–water partition coefficient (Wildman–Crippen LogP) is 3.37. The Morgan fingerprint density at radius 2 is 2.28 bits per heavy atom. The van der Waals surface area contributed by atoms with Crippen molar-refractivity contribution < 1.29 is 9.53 Å². The third-order valence-electron chi connectivity index (χ3n) is 2.97. The smallest absolute Gasteiger partial charge is 0.258 e. The Kier molecular flexibility index (Phi) is 2.57. The van der Waals surface area contributed by atoms with Gasteiger partial charge in [-0.3, -0.25) is 4.79 Å². The maximum absolute atomic E-state index is 11.2. The molecule has 3 rings (SSSR count). The number of ether oxygens (including phenoxy) is 1. The van der Waals surface area contributed by atoms with E-state index in [-0.39, 0.29) is 0 Å². The van der Waals surface area contributed by atoms with Crippen LogP contribution in [0.5, 0.6) is 5.75 Å². The molecule has 0 saturated carbocycles.